The number of nitrogens with one attached hydrogen (secondary N) is 1. The molecule has 0 bridgehead atoms. The van der Waals surface area contributed by atoms with Gasteiger partial charge in [0.25, 0.3) is 0 Å². The van der Waals surface area contributed by atoms with Crippen LogP contribution in [0.4, 0.5) is 15.8 Å². The highest BCUT2D eigenvalue weighted by atomic mass is 19.1. The van der Waals surface area contributed by atoms with Crippen LogP contribution in [0.1, 0.15) is 39.0 Å². The molecule has 1 fully saturated rings. The number of carbonyl (C=O) groups excluding carboxylic acids is 1. The Morgan fingerprint density at radius 1 is 1.43 bits per heavy atom. The first-order valence-electron chi connectivity index (χ1n) is 7.69. The summed E-state index contributed by atoms with van der Waals surface area (Å²) < 4.78 is 13.1. The Morgan fingerprint density at radius 3 is 2.95 bits per heavy atom. The van der Waals surface area contributed by atoms with Crippen LogP contribution in [-0.4, -0.2) is 29.9 Å². The molecule has 1 heterocycles. The smallest absolute Gasteiger partial charge is 0.238 e. The van der Waals surface area contributed by atoms with Gasteiger partial charge in [0.05, 0.1) is 12.2 Å². The van der Waals surface area contributed by atoms with Gasteiger partial charge in [-0.05, 0) is 44.0 Å². The zero-order chi connectivity index (χ0) is 15.2. The predicted molar refractivity (Wildman–Crippen MR) is 83.6 cm³/mol. The van der Waals surface area contributed by atoms with E-state index in [9.17, 15) is 9.18 Å². The molecule has 3 N–H and O–H groups in total. The molecule has 1 atom stereocenters. The van der Waals surface area contributed by atoms with Gasteiger partial charge in [0.15, 0.2) is 0 Å². The standard InChI is InChI=1S/C16H24FN3O/c1-2-13-6-4-3-5-9-20(13)11-16(21)19-12-7-8-14(17)15(18)10-12/h7-8,10,13H,2-6,9,11,18H2,1H3,(H,19,21). The lowest BCUT2D eigenvalue weighted by Crippen LogP contribution is -2.40. The summed E-state index contributed by atoms with van der Waals surface area (Å²) in [4.78, 5) is 14.4. The van der Waals surface area contributed by atoms with Crippen molar-refractivity contribution < 1.29 is 9.18 Å². The number of hydrogen-bond acceptors (Lipinski definition) is 3. The molecule has 0 spiro atoms. The maximum absolute atomic E-state index is 13.1. The summed E-state index contributed by atoms with van der Waals surface area (Å²) in [5, 5.41) is 2.80. The summed E-state index contributed by atoms with van der Waals surface area (Å²) in [7, 11) is 0. The Kier molecular flexibility index (Phi) is 5.56. The van der Waals surface area contributed by atoms with Crippen LogP contribution in [0.15, 0.2) is 18.2 Å². The topological polar surface area (TPSA) is 58.4 Å². The fourth-order valence-electron chi connectivity index (χ4n) is 2.91. The molecule has 1 aliphatic rings. The molecule has 5 heteroatoms. The average Bonchev–Trinajstić information content (AvgIpc) is 2.68. The quantitative estimate of drug-likeness (QED) is 0.839. The minimum atomic E-state index is -0.466. The van der Waals surface area contributed by atoms with Crippen LogP contribution in [0.3, 0.4) is 0 Å². The molecular weight excluding hydrogens is 269 g/mol. The SMILES string of the molecule is CCC1CCCCCN1CC(=O)Nc1ccc(F)c(N)c1. The second-order valence-corrected chi connectivity index (χ2v) is 5.67. The molecule has 0 aliphatic carbocycles. The second kappa shape index (κ2) is 7.41. The van der Waals surface area contributed by atoms with Crippen LogP contribution in [0.25, 0.3) is 0 Å². The van der Waals surface area contributed by atoms with Crippen molar-refractivity contribution in [3.63, 3.8) is 0 Å². The van der Waals surface area contributed by atoms with Gasteiger partial charge in [0, 0.05) is 11.7 Å². The van der Waals surface area contributed by atoms with Gasteiger partial charge in [0.2, 0.25) is 5.91 Å². The Hall–Kier alpha value is -1.62. The van der Waals surface area contributed by atoms with E-state index in [4.69, 9.17) is 5.73 Å². The van der Waals surface area contributed by atoms with E-state index in [1.165, 1.54) is 31.0 Å². The summed E-state index contributed by atoms with van der Waals surface area (Å²) in [6.07, 6.45) is 5.85. The molecule has 0 radical (unpaired) electrons. The third kappa shape index (κ3) is 4.43. The Balaban J connectivity index is 1.94. The van der Waals surface area contributed by atoms with Crippen LogP contribution in [0, 0.1) is 5.82 Å². The fourth-order valence-corrected chi connectivity index (χ4v) is 2.91. The lowest BCUT2D eigenvalue weighted by Gasteiger charge is -2.28. The van der Waals surface area contributed by atoms with Crippen molar-refractivity contribution in [3.05, 3.63) is 24.0 Å². The number of nitrogens with two attached hydrogens (primary N) is 1. The lowest BCUT2D eigenvalue weighted by molar-refractivity contribution is -0.117. The monoisotopic (exact) mass is 293 g/mol. The van der Waals surface area contributed by atoms with E-state index in [0.717, 1.165) is 25.8 Å². The summed E-state index contributed by atoms with van der Waals surface area (Å²) in [6.45, 7) is 3.52. The molecule has 0 saturated carbocycles. The fraction of sp³-hybridized carbons (Fsp3) is 0.562. The number of anilines is 2. The van der Waals surface area contributed by atoms with Crippen LogP contribution in [0.2, 0.25) is 0 Å². The second-order valence-electron chi connectivity index (χ2n) is 5.67. The number of carbonyl (C=O) groups is 1. The van der Waals surface area contributed by atoms with Crippen molar-refractivity contribution in [3.8, 4) is 0 Å². The van der Waals surface area contributed by atoms with Crippen molar-refractivity contribution in [2.24, 2.45) is 0 Å². The zero-order valence-electron chi connectivity index (χ0n) is 12.6. The number of nitrogen functional groups attached to an aromatic ring is 1. The van der Waals surface area contributed by atoms with Gasteiger partial charge in [-0.25, -0.2) is 4.39 Å². The maximum atomic E-state index is 13.1. The molecular formula is C16H24FN3O. The van der Waals surface area contributed by atoms with Crippen LogP contribution in [-0.2, 0) is 4.79 Å². The Labute approximate surface area is 125 Å². The lowest BCUT2D eigenvalue weighted by atomic mass is 10.1. The molecule has 1 amide bonds. The van der Waals surface area contributed by atoms with E-state index < -0.39 is 5.82 Å². The summed E-state index contributed by atoms with van der Waals surface area (Å²) in [5.74, 6) is -0.534. The van der Waals surface area contributed by atoms with Gasteiger partial charge in [-0.3, -0.25) is 9.69 Å². The average molecular weight is 293 g/mol. The normalized spacial score (nSPS) is 20.0. The van der Waals surface area contributed by atoms with Crippen molar-refractivity contribution >= 4 is 17.3 Å². The van der Waals surface area contributed by atoms with Crippen LogP contribution < -0.4 is 11.1 Å². The summed E-state index contributed by atoms with van der Waals surface area (Å²) in [5.41, 5.74) is 6.10. The molecule has 1 saturated heterocycles. The first kappa shape index (κ1) is 15.8. The molecule has 4 nitrogen and oxygen atoms in total. The highest BCUT2D eigenvalue weighted by molar-refractivity contribution is 5.92. The van der Waals surface area contributed by atoms with Crippen LogP contribution in [0.5, 0.6) is 0 Å². The van der Waals surface area contributed by atoms with Crippen molar-refractivity contribution in [2.45, 2.75) is 45.1 Å². The predicted octanol–water partition coefficient (Wildman–Crippen LogP) is 3.00. The molecule has 1 unspecified atom stereocenters. The third-order valence-corrected chi connectivity index (χ3v) is 4.10. The van der Waals surface area contributed by atoms with Crippen molar-refractivity contribution in [1.82, 2.24) is 4.90 Å². The van der Waals surface area contributed by atoms with E-state index in [2.05, 4.69) is 17.1 Å². The van der Waals surface area contributed by atoms with E-state index in [1.54, 1.807) is 0 Å². The molecule has 1 aliphatic heterocycles. The maximum Gasteiger partial charge on any atom is 0.238 e. The van der Waals surface area contributed by atoms with Crippen LogP contribution >= 0.6 is 0 Å². The van der Waals surface area contributed by atoms with Crippen molar-refractivity contribution in [2.75, 3.05) is 24.1 Å². The molecule has 116 valence electrons. The Morgan fingerprint density at radius 2 is 2.24 bits per heavy atom. The van der Waals surface area contributed by atoms with Gasteiger partial charge >= 0.3 is 0 Å². The van der Waals surface area contributed by atoms with Gasteiger partial charge < -0.3 is 11.1 Å². The first-order valence-corrected chi connectivity index (χ1v) is 7.69. The minimum absolute atomic E-state index is 0.0500. The minimum Gasteiger partial charge on any atom is -0.396 e. The van der Waals surface area contributed by atoms with Gasteiger partial charge in [0.1, 0.15) is 5.82 Å². The van der Waals surface area contributed by atoms with E-state index in [1.807, 2.05) is 0 Å². The first-order chi connectivity index (χ1) is 10.1. The van der Waals surface area contributed by atoms with Gasteiger partial charge in [-0.1, -0.05) is 19.8 Å². The highest BCUT2D eigenvalue weighted by Gasteiger charge is 2.21. The van der Waals surface area contributed by atoms with E-state index in [-0.39, 0.29) is 11.6 Å². The number of hydrogen-bond donors (Lipinski definition) is 2. The number of halogens is 1. The number of nitrogens with zero attached hydrogens (tertiary/aromatic N) is 1. The van der Waals surface area contributed by atoms with E-state index in [0.29, 0.717) is 18.3 Å². The summed E-state index contributed by atoms with van der Waals surface area (Å²) >= 11 is 0. The number of amides is 1. The largest absolute Gasteiger partial charge is 0.396 e. The highest BCUT2D eigenvalue weighted by Crippen LogP contribution is 2.20. The van der Waals surface area contributed by atoms with Crippen molar-refractivity contribution in [1.29, 1.82) is 0 Å². The number of likely N-dealkylation sites (tertiary alicyclic amines) is 1. The van der Waals surface area contributed by atoms with Gasteiger partial charge in [-0.15, -0.1) is 0 Å². The summed E-state index contributed by atoms with van der Waals surface area (Å²) in [6, 6.07) is 4.73. The number of benzene rings is 1. The zero-order valence-corrected chi connectivity index (χ0v) is 12.6. The van der Waals surface area contributed by atoms with E-state index >= 15 is 0 Å². The molecule has 1 aromatic rings. The Bertz CT molecular complexity index is 492. The molecule has 21 heavy (non-hydrogen) atoms. The van der Waals surface area contributed by atoms with Gasteiger partial charge in [-0.2, -0.15) is 0 Å². The third-order valence-electron chi connectivity index (χ3n) is 4.10. The molecule has 0 aromatic heterocycles. The molecule has 1 aromatic carbocycles. The molecule has 2 rings (SSSR count). The number of rotatable bonds is 4.